The van der Waals surface area contributed by atoms with Crippen LogP contribution in [0.4, 0.5) is 0 Å². The van der Waals surface area contributed by atoms with Gasteiger partial charge in [0.1, 0.15) is 11.4 Å². The Morgan fingerprint density at radius 3 is 2.59 bits per heavy atom. The lowest BCUT2D eigenvalue weighted by Gasteiger charge is -2.18. The SMILES string of the molecule is CC(CN(C)C(=O)c1[nH]nc(-c2ccccc2)c1Br)C(=O)O. The number of hydrogen-bond acceptors (Lipinski definition) is 3. The first-order chi connectivity index (χ1) is 10.4. The quantitative estimate of drug-likeness (QED) is 0.852. The Morgan fingerprint density at radius 1 is 1.36 bits per heavy atom. The van der Waals surface area contributed by atoms with Gasteiger partial charge in [0, 0.05) is 19.2 Å². The molecule has 0 aliphatic rings. The number of halogens is 1. The lowest BCUT2D eigenvalue weighted by atomic mass is 10.1. The molecule has 0 spiro atoms. The molecule has 0 radical (unpaired) electrons. The van der Waals surface area contributed by atoms with Crippen LogP contribution in [0.15, 0.2) is 34.8 Å². The minimum absolute atomic E-state index is 0.125. The summed E-state index contributed by atoms with van der Waals surface area (Å²) in [6.45, 7) is 1.68. The summed E-state index contributed by atoms with van der Waals surface area (Å²) in [4.78, 5) is 24.6. The second-order valence-corrected chi connectivity index (χ2v) is 5.85. The summed E-state index contributed by atoms with van der Waals surface area (Å²) in [6.07, 6.45) is 0. The van der Waals surface area contributed by atoms with E-state index in [9.17, 15) is 9.59 Å². The number of nitrogens with zero attached hydrogens (tertiary/aromatic N) is 2. The lowest BCUT2D eigenvalue weighted by Crippen LogP contribution is -2.34. The van der Waals surface area contributed by atoms with Crippen LogP contribution in [0.5, 0.6) is 0 Å². The van der Waals surface area contributed by atoms with Gasteiger partial charge >= 0.3 is 5.97 Å². The van der Waals surface area contributed by atoms with Crippen molar-refractivity contribution in [3.8, 4) is 11.3 Å². The molecule has 22 heavy (non-hydrogen) atoms. The molecule has 2 rings (SSSR count). The van der Waals surface area contributed by atoms with E-state index in [0.29, 0.717) is 15.9 Å². The highest BCUT2D eigenvalue weighted by Crippen LogP contribution is 2.29. The topological polar surface area (TPSA) is 86.3 Å². The molecule has 2 N–H and O–H groups in total. The molecule has 1 heterocycles. The summed E-state index contributed by atoms with van der Waals surface area (Å²) in [5.74, 6) is -1.88. The van der Waals surface area contributed by atoms with Gasteiger partial charge in [-0.15, -0.1) is 0 Å². The Labute approximate surface area is 136 Å². The van der Waals surface area contributed by atoms with E-state index in [1.54, 1.807) is 14.0 Å². The van der Waals surface area contributed by atoms with Crippen LogP contribution in [-0.4, -0.2) is 45.7 Å². The molecular weight excluding hydrogens is 350 g/mol. The molecule has 1 unspecified atom stereocenters. The number of rotatable bonds is 5. The van der Waals surface area contributed by atoms with E-state index in [1.807, 2.05) is 30.3 Å². The number of nitrogens with one attached hydrogen (secondary N) is 1. The standard InChI is InChI=1S/C15H16BrN3O3/c1-9(15(21)22)8-19(2)14(20)13-11(16)12(17-18-13)10-6-4-3-5-7-10/h3-7,9H,8H2,1-2H3,(H,17,18)(H,21,22). The third-order valence-electron chi connectivity index (χ3n) is 3.28. The van der Waals surface area contributed by atoms with Gasteiger partial charge in [-0.2, -0.15) is 5.10 Å². The molecule has 6 nitrogen and oxygen atoms in total. The molecule has 116 valence electrons. The van der Waals surface area contributed by atoms with E-state index in [-0.39, 0.29) is 12.5 Å². The summed E-state index contributed by atoms with van der Waals surface area (Å²) in [5, 5.41) is 15.8. The van der Waals surface area contributed by atoms with E-state index >= 15 is 0 Å². The van der Waals surface area contributed by atoms with Gasteiger partial charge in [-0.1, -0.05) is 37.3 Å². The third-order valence-corrected chi connectivity index (χ3v) is 4.06. The Morgan fingerprint density at radius 2 is 2.00 bits per heavy atom. The van der Waals surface area contributed by atoms with Gasteiger partial charge in [-0.3, -0.25) is 14.7 Å². The molecular formula is C15H16BrN3O3. The molecule has 1 aromatic carbocycles. The number of carbonyl (C=O) groups excluding carboxylic acids is 1. The Hall–Kier alpha value is -2.15. The Kier molecular flexibility index (Phi) is 4.97. The average Bonchev–Trinajstić information content (AvgIpc) is 2.88. The summed E-state index contributed by atoms with van der Waals surface area (Å²) >= 11 is 3.39. The van der Waals surface area contributed by atoms with Gasteiger partial charge in [0.05, 0.1) is 10.4 Å². The highest BCUT2D eigenvalue weighted by atomic mass is 79.9. The van der Waals surface area contributed by atoms with Crippen molar-refractivity contribution in [2.45, 2.75) is 6.92 Å². The number of benzene rings is 1. The number of amides is 1. The first-order valence-electron chi connectivity index (χ1n) is 6.69. The molecule has 0 aliphatic heterocycles. The second kappa shape index (κ2) is 6.74. The second-order valence-electron chi connectivity index (χ2n) is 5.05. The molecule has 7 heteroatoms. The molecule has 1 amide bonds. The maximum atomic E-state index is 12.4. The fourth-order valence-corrected chi connectivity index (χ4v) is 2.60. The van der Waals surface area contributed by atoms with Gasteiger partial charge < -0.3 is 10.0 Å². The van der Waals surface area contributed by atoms with Crippen LogP contribution in [0.1, 0.15) is 17.4 Å². The van der Waals surface area contributed by atoms with E-state index in [0.717, 1.165) is 5.56 Å². The summed E-state index contributed by atoms with van der Waals surface area (Å²) in [6, 6.07) is 9.46. The number of carboxylic acids is 1. The number of aliphatic carboxylic acids is 1. The number of aromatic nitrogens is 2. The molecule has 0 bridgehead atoms. The van der Waals surface area contributed by atoms with Crippen molar-refractivity contribution in [2.24, 2.45) is 5.92 Å². The monoisotopic (exact) mass is 365 g/mol. The predicted octanol–water partition coefficient (Wildman–Crippen LogP) is 2.63. The third kappa shape index (κ3) is 3.36. The summed E-state index contributed by atoms with van der Waals surface area (Å²) < 4.78 is 0.568. The molecule has 1 aromatic heterocycles. The number of carboxylic acid groups (broad SMARTS) is 1. The predicted molar refractivity (Wildman–Crippen MR) is 85.5 cm³/mol. The van der Waals surface area contributed by atoms with E-state index in [4.69, 9.17) is 5.11 Å². The zero-order valence-electron chi connectivity index (χ0n) is 12.2. The smallest absolute Gasteiger partial charge is 0.308 e. The lowest BCUT2D eigenvalue weighted by molar-refractivity contribution is -0.141. The fourth-order valence-electron chi connectivity index (χ4n) is 2.02. The largest absolute Gasteiger partial charge is 0.481 e. The van der Waals surface area contributed by atoms with E-state index < -0.39 is 11.9 Å². The molecule has 0 aliphatic carbocycles. The maximum Gasteiger partial charge on any atom is 0.308 e. The van der Waals surface area contributed by atoms with Crippen LogP contribution in [0, 0.1) is 5.92 Å². The van der Waals surface area contributed by atoms with Gasteiger partial charge in [-0.05, 0) is 15.9 Å². The van der Waals surface area contributed by atoms with Crippen molar-refractivity contribution >= 4 is 27.8 Å². The van der Waals surface area contributed by atoms with Crippen LogP contribution in [0.3, 0.4) is 0 Å². The normalized spacial score (nSPS) is 12.0. The van der Waals surface area contributed by atoms with Crippen LogP contribution in [-0.2, 0) is 4.79 Å². The van der Waals surface area contributed by atoms with Crippen molar-refractivity contribution in [2.75, 3.05) is 13.6 Å². The average molecular weight is 366 g/mol. The zero-order chi connectivity index (χ0) is 16.3. The highest BCUT2D eigenvalue weighted by molar-refractivity contribution is 9.10. The van der Waals surface area contributed by atoms with Crippen molar-refractivity contribution in [3.05, 3.63) is 40.5 Å². The number of H-pyrrole nitrogens is 1. The number of hydrogen-bond donors (Lipinski definition) is 2. The van der Waals surface area contributed by atoms with Gasteiger partial charge in [0.15, 0.2) is 0 Å². The molecule has 0 fully saturated rings. The van der Waals surface area contributed by atoms with Crippen molar-refractivity contribution in [3.63, 3.8) is 0 Å². The molecule has 0 saturated heterocycles. The molecule has 2 aromatic rings. The van der Waals surface area contributed by atoms with E-state index in [2.05, 4.69) is 26.1 Å². The molecule has 0 saturated carbocycles. The summed E-state index contributed by atoms with van der Waals surface area (Å²) in [7, 11) is 1.57. The molecule has 1 atom stereocenters. The Balaban J connectivity index is 2.21. The first-order valence-corrected chi connectivity index (χ1v) is 7.48. The van der Waals surface area contributed by atoms with E-state index in [1.165, 1.54) is 4.90 Å². The van der Waals surface area contributed by atoms with Crippen LogP contribution in [0.2, 0.25) is 0 Å². The number of carbonyl (C=O) groups is 2. The van der Waals surface area contributed by atoms with Crippen LogP contribution < -0.4 is 0 Å². The maximum absolute atomic E-state index is 12.4. The van der Waals surface area contributed by atoms with Gasteiger partial charge in [-0.25, -0.2) is 0 Å². The van der Waals surface area contributed by atoms with Crippen LogP contribution in [0.25, 0.3) is 11.3 Å². The van der Waals surface area contributed by atoms with Gasteiger partial charge in [0.2, 0.25) is 0 Å². The van der Waals surface area contributed by atoms with Crippen molar-refractivity contribution < 1.29 is 14.7 Å². The van der Waals surface area contributed by atoms with Crippen LogP contribution >= 0.6 is 15.9 Å². The fraction of sp³-hybridized carbons (Fsp3) is 0.267. The van der Waals surface area contributed by atoms with Gasteiger partial charge in [0.25, 0.3) is 5.91 Å². The highest BCUT2D eigenvalue weighted by Gasteiger charge is 2.23. The number of aromatic amines is 1. The zero-order valence-corrected chi connectivity index (χ0v) is 13.8. The minimum Gasteiger partial charge on any atom is -0.481 e. The summed E-state index contributed by atoms with van der Waals surface area (Å²) in [5.41, 5.74) is 1.83. The first kappa shape index (κ1) is 16.2. The van der Waals surface area contributed by atoms with Crippen molar-refractivity contribution in [1.82, 2.24) is 15.1 Å². The van der Waals surface area contributed by atoms with Crippen molar-refractivity contribution in [1.29, 1.82) is 0 Å². The minimum atomic E-state index is -0.937. The Bertz CT molecular complexity index is 685.